The van der Waals surface area contributed by atoms with E-state index in [0.717, 1.165) is 0 Å². The molecule has 0 aromatic carbocycles. The molecule has 0 N–H and O–H groups in total. The van der Waals surface area contributed by atoms with E-state index in [9.17, 15) is 0 Å². The van der Waals surface area contributed by atoms with Crippen molar-refractivity contribution in [2.45, 2.75) is 17.1 Å². The summed E-state index contributed by atoms with van der Waals surface area (Å²) < 4.78 is 5.17. The van der Waals surface area contributed by atoms with E-state index in [-0.39, 0.29) is 11.3 Å². The molecule has 17 heavy (non-hydrogen) atoms. The molecule has 0 aliphatic heterocycles. The molecule has 2 rings (SSSR count). The van der Waals surface area contributed by atoms with E-state index >= 15 is 0 Å². The van der Waals surface area contributed by atoms with Gasteiger partial charge in [0.15, 0.2) is 0 Å². The summed E-state index contributed by atoms with van der Waals surface area (Å²) in [5.41, 5.74) is 0. The first-order valence-corrected chi connectivity index (χ1v) is 5.95. The van der Waals surface area contributed by atoms with E-state index < -0.39 is 0 Å². The zero-order chi connectivity index (χ0) is 12.1. The monoisotopic (exact) mass is 269 g/mol. The van der Waals surface area contributed by atoms with Crippen molar-refractivity contribution in [3.8, 4) is 6.01 Å². The molecule has 0 unspecified atom stereocenters. The Morgan fingerprint density at radius 1 is 1.29 bits per heavy atom. The van der Waals surface area contributed by atoms with Crippen molar-refractivity contribution in [3.05, 3.63) is 23.9 Å². The van der Waals surface area contributed by atoms with Gasteiger partial charge in [0, 0.05) is 12.4 Å². The fourth-order valence-corrected chi connectivity index (χ4v) is 1.86. The number of halogens is 1. The Hall–Kier alpha value is -1.47. The van der Waals surface area contributed by atoms with Gasteiger partial charge in [-0.15, -0.1) is 0 Å². The quantitative estimate of drug-likeness (QED) is 0.839. The SMILES string of the molecule is CCOc1nc(Cl)nc(Sc2cnccn2)n1. The molecule has 0 amide bonds. The Kier molecular flexibility index (Phi) is 4.05. The normalized spacial score (nSPS) is 10.2. The van der Waals surface area contributed by atoms with Crippen LogP contribution in [-0.2, 0) is 0 Å². The van der Waals surface area contributed by atoms with Gasteiger partial charge in [0.1, 0.15) is 5.03 Å². The van der Waals surface area contributed by atoms with E-state index in [4.69, 9.17) is 16.3 Å². The minimum absolute atomic E-state index is 0.0924. The molecular formula is C9H8ClN5OS. The number of hydrogen-bond donors (Lipinski definition) is 0. The fourth-order valence-electron chi connectivity index (χ4n) is 0.986. The van der Waals surface area contributed by atoms with Crippen LogP contribution in [0, 0.1) is 0 Å². The van der Waals surface area contributed by atoms with Crippen molar-refractivity contribution in [1.82, 2.24) is 24.9 Å². The highest BCUT2D eigenvalue weighted by atomic mass is 35.5. The number of hydrogen-bond acceptors (Lipinski definition) is 7. The lowest BCUT2D eigenvalue weighted by atomic mass is 10.8. The maximum Gasteiger partial charge on any atom is 0.321 e. The van der Waals surface area contributed by atoms with Crippen LogP contribution >= 0.6 is 23.4 Å². The first-order valence-electron chi connectivity index (χ1n) is 4.76. The molecule has 88 valence electrons. The van der Waals surface area contributed by atoms with Gasteiger partial charge in [-0.1, -0.05) is 0 Å². The topological polar surface area (TPSA) is 73.7 Å². The Bertz CT molecular complexity index is 498. The Labute approximate surface area is 107 Å². The van der Waals surface area contributed by atoms with Gasteiger partial charge in [-0.05, 0) is 30.3 Å². The predicted octanol–water partition coefficient (Wildman–Crippen LogP) is 1.86. The molecule has 2 aromatic rings. The van der Waals surface area contributed by atoms with Crippen molar-refractivity contribution >= 4 is 23.4 Å². The average Bonchev–Trinajstić information content (AvgIpc) is 2.30. The van der Waals surface area contributed by atoms with Crippen molar-refractivity contribution in [2.24, 2.45) is 0 Å². The maximum absolute atomic E-state index is 5.76. The van der Waals surface area contributed by atoms with Gasteiger partial charge < -0.3 is 4.74 Å². The van der Waals surface area contributed by atoms with Crippen molar-refractivity contribution in [1.29, 1.82) is 0 Å². The van der Waals surface area contributed by atoms with Gasteiger partial charge >= 0.3 is 6.01 Å². The highest BCUT2D eigenvalue weighted by Gasteiger charge is 2.08. The number of ether oxygens (including phenoxy) is 1. The lowest BCUT2D eigenvalue weighted by Crippen LogP contribution is -2.00. The Balaban J connectivity index is 2.21. The highest BCUT2D eigenvalue weighted by molar-refractivity contribution is 7.99. The number of aromatic nitrogens is 5. The van der Waals surface area contributed by atoms with Crippen LogP contribution in [0.5, 0.6) is 6.01 Å². The fraction of sp³-hybridized carbons (Fsp3) is 0.222. The van der Waals surface area contributed by atoms with Crippen LogP contribution in [0.25, 0.3) is 0 Å². The van der Waals surface area contributed by atoms with Crippen LogP contribution in [0.15, 0.2) is 28.8 Å². The summed E-state index contributed by atoms with van der Waals surface area (Å²) in [6.45, 7) is 2.31. The zero-order valence-electron chi connectivity index (χ0n) is 8.87. The minimum Gasteiger partial charge on any atom is -0.464 e. The van der Waals surface area contributed by atoms with Gasteiger partial charge in [0.25, 0.3) is 0 Å². The Morgan fingerprint density at radius 3 is 2.88 bits per heavy atom. The summed E-state index contributed by atoms with van der Waals surface area (Å²) in [5.74, 6) is 0. The molecule has 0 atom stereocenters. The lowest BCUT2D eigenvalue weighted by molar-refractivity contribution is 0.307. The molecule has 0 saturated heterocycles. The molecule has 0 aliphatic rings. The summed E-state index contributed by atoms with van der Waals surface area (Å²) in [6, 6.07) is 0.207. The van der Waals surface area contributed by atoms with Crippen LogP contribution in [-0.4, -0.2) is 31.5 Å². The van der Waals surface area contributed by atoms with Crippen LogP contribution in [0.4, 0.5) is 0 Å². The van der Waals surface area contributed by atoms with E-state index in [0.29, 0.717) is 16.8 Å². The lowest BCUT2D eigenvalue weighted by Gasteiger charge is -2.03. The van der Waals surface area contributed by atoms with Gasteiger partial charge in [-0.2, -0.15) is 15.0 Å². The maximum atomic E-state index is 5.76. The minimum atomic E-state index is 0.0924. The summed E-state index contributed by atoms with van der Waals surface area (Å²) in [4.78, 5) is 19.9. The van der Waals surface area contributed by atoms with Gasteiger partial charge in [-0.3, -0.25) is 4.98 Å². The van der Waals surface area contributed by atoms with E-state index in [1.54, 1.807) is 18.6 Å². The molecular weight excluding hydrogens is 262 g/mol. The molecule has 2 heterocycles. The van der Waals surface area contributed by atoms with Crippen LogP contribution < -0.4 is 4.74 Å². The smallest absolute Gasteiger partial charge is 0.321 e. The van der Waals surface area contributed by atoms with E-state index in [1.807, 2.05) is 6.92 Å². The van der Waals surface area contributed by atoms with Crippen molar-refractivity contribution in [2.75, 3.05) is 6.61 Å². The molecule has 0 radical (unpaired) electrons. The van der Waals surface area contributed by atoms with Gasteiger partial charge in [0.05, 0.1) is 12.8 Å². The molecule has 8 heteroatoms. The van der Waals surface area contributed by atoms with Gasteiger partial charge in [-0.25, -0.2) is 4.98 Å². The summed E-state index contributed by atoms with van der Waals surface area (Å²) in [5, 5.41) is 1.20. The molecule has 6 nitrogen and oxygen atoms in total. The molecule has 0 fully saturated rings. The second-order valence-corrected chi connectivity index (χ2v) is 4.07. The number of rotatable bonds is 4. The van der Waals surface area contributed by atoms with E-state index in [2.05, 4.69) is 24.9 Å². The van der Waals surface area contributed by atoms with Crippen LogP contribution in [0.1, 0.15) is 6.92 Å². The molecule has 2 aromatic heterocycles. The van der Waals surface area contributed by atoms with Crippen molar-refractivity contribution < 1.29 is 4.74 Å². The first kappa shape index (κ1) is 12.0. The van der Waals surface area contributed by atoms with E-state index in [1.165, 1.54) is 11.8 Å². The van der Waals surface area contributed by atoms with Crippen LogP contribution in [0.2, 0.25) is 5.28 Å². The van der Waals surface area contributed by atoms with Crippen LogP contribution in [0.3, 0.4) is 0 Å². The molecule has 0 bridgehead atoms. The average molecular weight is 270 g/mol. The summed E-state index contributed by atoms with van der Waals surface area (Å²) in [6.07, 6.45) is 4.80. The predicted molar refractivity (Wildman–Crippen MR) is 62.2 cm³/mol. The third-order valence-electron chi connectivity index (χ3n) is 1.58. The molecule has 0 aliphatic carbocycles. The third kappa shape index (κ3) is 3.50. The Morgan fingerprint density at radius 2 is 2.18 bits per heavy atom. The number of nitrogens with zero attached hydrogens (tertiary/aromatic N) is 5. The largest absolute Gasteiger partial charge is 0.464 e. The third-order valence-corrected chi connectivity index (χ3v) is 2.53. The summed E-state index contributed by atoms with van der Waals surface area (Å²) in [7, 11) is 0. The van der Waals surface area contributed by atoms with Gasteiger partial charge in [0.2, 0.25) is 10.4 Å². The zero-order valence-corrected chi connectivity index (χ0v) is 10.4. The first-order chi connectivity index (χ1) is 8.28. The summed E-state index contributed by atoms with van der Waals surface area (Å²) >= 11 is 7.00. The second kappa shape index (κ2) is 5.74. The second-order valence-electron chi connectivity index (χ2n) is 2.75. The standard InChI is InChI=1S/C9H8ClN5OS/c1-2-16-8-13-7(10)14-9(15-8)17-6-5-11-3-4-12-6/h3-5H,2H2,1H3. The molecule has 0 saturated carbocycles. The molecule has 0 spiro atoms. The highest BCUT2D eigenvalue weighted by Crippen LogP contribution is 2.23. The van der Waals surface area contributed by atoms with Crippen molar-refractivity contribution in [3.63, 3.8) is 0 Å².